The Labute approximate surface area is 126 Å². The van der Waals surface area contributed by atoms with Crippen molar-refractivity contribution in [2.45, 2.75) is 32.3 Å². The molecule has 20 heavy (non-hydrogen) atoms. The lowest BCUT2D eigenvalue weighted by atomic mass is 9.89. The van der Waals surface area contributed by atoms with Crippen molar-refractivity contribution in [1.82, 2.24) is 0 Å². The normalized spacial score (nSPS) is 14.0. The molecule has 0 radical (unpaired) electrons. The largest absolute Gasteiger partial charge is 0.385 e. The summed E-state index contributed by atoms with van der Waals surface area (Å²) in [6, 6.07) is 16.5. The molecule has 1 atom stereocenters. The number of hydrogen-bond donors (Lipinski definition) is 1. The number of halogens is 1. The Morgan fingerprint density at radius 3 is 2.30 bits per heavy atom. The molecular weight excluding hydrogens is 268 g/mol. The second kappa shape index (κ2) is 6.43. The van der Waals surface area contributed by atoms with E-state index in [1.165, 1.54) is 16.7 Å². The van der Waals surface area contributed by atoms with Gasteiger partial charge < -0.3 is 5.11 Å². The number of alkyl halides is 1. The molecule has 0 bridgehead atoms. The second-order valence-corrected chi connectivity index (χ2v) is 5.84. The lowest BCUT2D eigenvalue weighted by molar-refractivity contribution is 0.0472. The van der Waals surface area contributed by atoms with Crippen LogP contribution in [0.5, 0.6) is 0 Å². The van der Waals surface area contributed by atoms with Crippen molar-refractivity contribution in [3.8, 4) is 11.1 Å². The third-order valence-electron chi connectivity index (χ3n) is 3.76. The summed E-state index contributed by atoms with van der Waals surface area (Å²) in [5.74, 6) is 0.581. The maximum absolute atomic E-state index is 10.5. The summed E-state index contributed by atoms with van der Waals surface area (Å²) in [6.45, 7) is 3.96. The molecule has 0 fully saturated rings. The van der Waals surface area contributed by atoms with Crippen LogP contribution in [0, 0.1) is 6.92 Å². The topological polar surface area (TPSA) is 20.2 Å². The zero-order valence-electron chi connectivity index (χ0n) is 12.1. The Kier molecular flexibility index (Phi) is 4.85. The molecule has 0 aliphatic heterocycles. The Bertz CT molecular complexity index is 558. The number of rotatable bonds is 5. The van der Waals surface area contributed by atoms with Crippen LogP contribution in [0.15, 0.2) is 48.5 Å². The molecule has 2 aromatic rings. The van der Waals surface area contributed by atoms with E-state index in [1.807, 2.05) is 31.2 Å². The Balaban J connectivity index is 2.24. The standard InChI is InChI=1S/C18H21ClO/c1-14-6-3-4-7-17(14)15-8-10-16(11-9-15)18(2,20)12-5-13-19/h3-4,6-11,20H,5,12-13H2,1-2H3. The van der Waals surface area contributed by atoms with Gasteiger partial charge in [0.25, 0.3) is 0 Å². The molecule has 1 nitrogen and oxygen atoms in total. The van der Waals surface area contributed by atoms with E-state index in [1.54, 1.807) is 0 Å². The summed E-state index contributed by atoms with van der Waals surface area (Å²) in [7, 11) is 0. The van der Waals surface area contributed by atoms with Gasteiger partial charge >= 0.3 is 0 Å². The number of aryl methyl sites for hydroxylation is 1. The van der Waals surface area contributed by atoms with Gasteiger partial charge in [-0.3, -0.25) is 0 Å². The Morgan fingerprint density at radius 2 is 1.70 bits per heavy atom. The lowest BCUT2D eigenvalue weighted by Crippen LogP contribution is -2.21. The molecule has 0 amide bonds. The van der Waals surface area contributed by atoms with E-state index < -0.39 is 5.60 Å². The van der Waals surface area contributed by atoms with Crippen LogP contribution in [0.3, 0.4) is 0 Å². The van der Waals surface area contributed by atoms with Crippen LogP contribution in [0.25, 0.3) is 11.1 Å². The fourth-order valence-corrected chi connectivity index (χ4v) is 2.59. The first-order valence-corrected chi connectivity index (χ1v) is 7.53. The van der Waals surface area contributed by atoms with Gasteiger partial charge in [0, 0.05) is 5.88 Å². The van der Waals surface area contributed by atoms with Crippen LogP contribution in [0.2, 0.25) is 0 Å². The Hall–Kier alpha value is -1.31. The molecule has 0 heterocycles. The molecule has 0 aliphatic carbocycles. The van der Waals surface area contributed by atoms with Gasteiger partial charge in [0.2, 0.25) is 0 Å². The fourth-order valence-electron chi connectivity index (χ4n) is 2.46. The van der Waals surface area contributed by atoms with Gasteiger partial charge in [0.15, 0.2) is 0 Å². The average Bonchev–Trinajstić information content (AvgIpc) is 2.46. The number of hydrogen-bond acceptors (Lipinski definition) is 1. The summed E-state index contributed by atoms with van der Waals surface area (Å²) in [6.07, 6.45) is 1.49. The highest BCUT2D eigenvalue weighted by Crippen LogP contribution is 2.29. The van der Waals surface area contributed by atoms with Crippen molar-refractivity contribution in [1.29, 1.82) is 0 Å². The average molecular weight is 289 g/mol. The molecular formula is C18H21ClO. The number of aliphatic hydroxyl groups is 1. The smallest absolute Gasteiger partial charge is 0.0869 e. The second-order valence-electron chi connectivity index (χ2n) is 5.46. The minimum atomic E-state index is -0.806. The van der Waals surface area contributed by atoms with Gasteiger partial charge in [-0.05, 0) is 48.9 Å². The van der Waals surface area contributed by atoms with Crippen molar-refractivity contribution < 1.29 is 5.11 Å². The lowest BCUT2D eigenvalue weighted by Gasteiger charge is -2.23. The summed E-state index contributed by atoms with van der Waals surface area (Å²) in [5.41, 5.74) is 3.81. The third-order valence-corrected chi connectivity index (χ3v) is 4.03. The van der Waals surface area contributed by atoms with E-state index in [4.69, 9.17) is 11.6 Å². The zero-order chi connectivity index (χ0) is 14.6. The molecule has 2 aromatic carbocycles. The van der Waals surface area contributed by atoms with Crippen LogP contribution in [-0.2, 0) is 5.60 Å². The fraction of sp³-hybridized carbons (Fsp3) is 0.333. The van der Waals surface area contributed by atoms with Gasteiger partial charge in [0.1, 0.15) is 0 Å². The summed E-state index contributed by atoms with van der Waals surface area (Å²) < 4.78 is 0. The van der Waals surface area contributed by atoms with Crippen LogP contribution in [0.4, 0.5) is 0 Å². The zero-order valence-corrected chi connectivity index (χ0v) is 12.8. The molecule has 1 N–H and O–H groups in total. The highest BCUT2D eigenvalue weighted by Gasteiger charge is 2.22. The maximum atomic E-state index is 10.5. The van der Waals surface area contributed by atoms with E-state index in [0.29, 0.717) is 12.3 Å². The van der Waals surface area contributed by atoms with E-state index in [-0.39, 0.29) is 0 Å². The first-order chi connectivity index (χ1) is 9.54. The molecule has 0 saturated carbocycles. The molecule has 0 aromatic heterocycles. The molecule has 0 saturated heterocycles. The molecule has 1 unspecified atom stereocenters. The summed E-state index contributed by atoms with van der Waals surface area (Å²) >= 11 is 5.71. The van der Waals surface area contributed by atoms with Gasteiger partial charge in [-0.1, -0.05) is 48.5 Å². The van der Waals surface area contributed by atoms with Crippen molar-refractivity contribution in [3.63, 3.8) is 0 Å². The first-order valence-electron chi connectivity index (χ1n) is 6.99. The minimum Gasteiger partial charge on any atom is -0.385 e. The van der Waals surface area contributed by atoms with Crippen molar-refractivity contribution in [2.75, 3.05) is 5.88 Å². The van der Waals surface area contributed by atoms with Gasteiger partial charge in [-0.15, -0.1) is 11.6 Å². The number of benzene rings is 2. The first kappa shape index (κ1) is 15.1. The molecule has 2 heteroatoms. The Morgan fingerprint density at radius 1 is 1.05 bits per heavy atom. The van der Waals surface area contributed by atoms with Crippen molar-refractivity contribution in [2.24, 2.45) is 0 Å². The maximum Gasteiger partial charge on any atom is 0.0869 e. The molecule has 2 rings (SSSR count). The van der Waals surface area contributed by atoms with Gasteiger partial charge in [-0.2, -0.15) is 0 Å². The third kappa shape index (κ3) is 3.41. The molecule has 0 spiro atoms. The van der Waals surface area contributed by atoms with E-state index in [9.17, 15) is 5.11 Å². The van der Waals surface area contributed by atoms with E-state index >= 15 is 0 Å². The highest BCUT2D eigenvalue weighted by molar-refractivity contribution is 6.17. The van der Waals surface area contributed by atoms with Crippen LogP contribution in [0.1, 0.15) is 30.9 Å². The predicted octanol–water partition coefficient (Wildman–Crippen LogP) is 4.89. The van der Waals surface area contributed by atoms with Crippen LogP contribution < -0.4 is 0 Å². The van der Waals surface area contributed by atoms with E-state index in [0.717, 1.165) is 12.0 Å². The molecule has 0 aliphatic rings. The van der Waals surface area contributed by atoms with Crippen molar-refractivity contribution >= 4 is 11.6 Å². The minimum absolute atomic E-state index is 0.581. The summed E-state index contributed by atoms with van der Waals surface area (Å²) in [4.78, 5) is 0. The highest BCUT2D eigenvalue weighted by atomic mass is 35.5. The summed E-state index contributed by atoms with van der Waals surface area (Å²) in [5, 5.41) is 10.5. The SMILES string of the molecule is Cc1ccccc1-c1ccc(C(C)(O)CCCCl)cc1. The van der Waals surface area contributed by atoms with Crippen LogP contribution in [-0.4, -0.2) is 11.0 Å². The monoisotopic (exact) mass is 288 g/mol. The van der Waals surface area contributed by atoms with Crippen LogP contribution >= 0.6 is 11.6 Å². The van der Waals surface area contributed by atoms with Gasteiger partial charge in [-0.25, -0.2) is 0 Å². The van der Waals surface area contributed by atoms with E-state index in [2.05, 4.69) is 31.2 Å². The van der Waals surface area contributed by atoms with Crippen molar-refractivity contribution in [3.05, 3.63) is 59.7 Å². The quantitative estimate of drug-likeness (QED) is 0.777. The predicted molar refractivity (Wildman–Crippen MR) is 86.1 cm³/mol. The van der Waals surface area contributed by atoms with Gasteiger partial charge in [0.05, 0.1) is 5.60 Å². The molecule has 106 valence electrons.